The number of non-ortho nitro benzene ring substituents is 1. The lowest BCUT2D eigenvalue weighted by Crippen LogP contribution is -2.29. The summed E-state index contributed by atoms with van der Waals surface area (Å²) < 4.78 is 0. The molecule has 0 radical (unpaired) electrons. The molecule has 6 heteroatoms. The van der Waals surface area contributed by atoms with Crippen LogP contribution in [0.5, 0.6) is 0 Å². The summed E-state index contributed by atoms with van der Waals surface area (Å²) in [5.74, 6) is -1.15. The van der Waals surface area contributed by atoms with E-state index in [4.69, 9.17) is 0 Å². The molecule has 19 heavy (non-hydrogen) atoms. The fraction of sp³-hybridized carbons (Fsp3) is 0.308. The Balaban J connectivity index is 2.40. The van der Waals surface area contributed by atoms with E-state index in [1.807, 2.05) is 17.9 Å². The molecule has 6 nitrogen and oxygen atoms in total. The molecular weight excluding hydrogens is 248 g/mol. The Labute approximate surface area is 110 Å². The maximum atomic E-state index is 11.2. The molecule has 0 bridgehead atoms. The Hall–Kier alpha value is -2.37. The second-order valence-electron chi connectivity index (χ2n) is 4.51. The standard InChI is InChI=1S/C13H14N2O4/c1-9-4-6-14(7-5-9)12-3-2-10(15(18)19)8-11(12)13(16)17/h2-4,8H,5-7H2,1H3,(H,16,17). The molecule has 0 aliphatic carbocycles. The molecule has 0 unspecified atom stereocenters. The third-order valence-electron chi connectivity index (χ3n) is 3.20. The number of carboxylic acids is 1. The van der Waals surface area contributed by atoms with Gasteiger partial charge in [-0.1, -0.05) is 11.6 Å². The molecule has 0 fully saturated rings. The number of benzene rings is 1. The van der Waals surface area contributed by atoms with Gasteiger partial charge in [-0.25, -0.2) is 4.79 Å². The van der Waals surface area contributed by atoms with Crippen molar-refractivity contribution in [1.29, 1.82) is 0 Å². The minimum absolute atomic E-state index is 0.0258. The summed E-state index contributed by atoms with van der Waals surface area (Å²) in [6.45, 7) is 3.38. The van der Waals surface area contributed by atoms with E-state index in [-0.39, 0.29) is 11.3 Å². The number of rotatable bonds is 3. The molecule has 0 spiro atoms. The van der Waals surface area contributed by atoms with Crippen LogP contribution in [-0.4, -0.2) is 29.1 Å². The lowest BCUT2D eigenvalue weighted by molar-refractivity contribution is -0.384. The summed E-state index contributed by atoms with van der Waals surface area (Å²) in [5.41, 5.74) is 1.57. The van der Waals surface area contributed by atoms with Crippen LogP contribution in [0.15, 0.2) is 29.8 Å². The van der Waals surface area contributed by atoms with Crippen LogP contribution >= 0.6 is 0 Å². The van der Waals surface area contributed by atoms with E-state index >= 15 is 0 Å². The number of carbonyl (C=O) groups is 1. The fourth-order valence-electron chi connectivity index (χ4n) is 2.07. The molecule has 1 aromatic rings. The molecule has 1 N–H and O–H groups in total. The van der Waals surface area contributed by atoms with Crippen molar-refractivity contribution in [2.24, 2.45) is 0 Å². The summed E-state index contributed by atoms with van der Waals surface area (Å²) in [6, 6.07) is 3.96. The molecular formula is C13H14N2O4. The normalized spacial score (nSPS) is 15.0. The monoisotopic (exact) mass is 262 g/mol. The highest BCUT2D eigenvalue weighted by atomic mass is 16.6. The van der Waals surface area contributed by atoms with Crippen molar-refractivity contribution in [3.05, 3.63) is 45.5 Å². The molecule has 0 saturated heterocycles. The Morgan fingerprint density at radius 1 is 1.47 bits per heavy atom. The number of hydrogen-bond donors (Lipinski definition) is 1. The van der Waals surface area contributed by atoms with Crippen LogP contribution in [0.4, 0.5) is 11.4 Å². The summed E-state index contributed by atoms with van der Waals surface area (Å²) >= 11 is 0. The van der Waals surface area contributed by atoms with Gasteiger partial charge >= 0.3 is 5.97 Å². The van der Waals surface area contributed by atoms with Crippen molar-refractivity contribution in [3.8, 4) is 0 Å². The molecule has 0 atom stereocenters. The zero-order valence-electron chi connectivity index (χ0n) is 10.5. The molecule has 0 saturated carbocycles. The zero-order valence-corrected chi connectivity index (χ0v) is 10.5. The van der Waals surface area contributed by atoms with Gasteiger partial charge < -0.3 is 10.0 Å². The largest absolute Gasteiger partial charge is 0.478 e. The summed E-state index contributed by atoms with van der Waals surface area (Å²) in [5, 5.41) is 19.9. The van der Waals surface area contributed by atoms with Crippen LogP contribution in [0.25, 0.3) is 0 Å². The fourth-order valence-corrected chi connectivity index (χ4v) is 2.07. The van der Waals surface area contributed by atoms with E-state index in [0.29, 0.717) is 12.2 Å². The van der Waals surface area contributed by atoms with E-state index in [0.717, 1.165) is 19.0 Å². The van der Waals surface area contributed by atoms with Gasteiger partial charge in [0.1, 0.15) is 0 Å². The lowest BCUT2D eigenvalue weighted by Gasteiger charge is -2.28. The topological polar surface area (TPSA) is 83.7 Å². The first-order valence-electron chi connectivity index (χ1n) is 5.91. The minimum Gasteiger partial charge on any atom is -0.478 e. The van der Waals surface area contributed by atoms with E-state index in [1.54, 1.807) is 0 Å². The van der Waals surface area contributed by atoms with E-state index in [1.165, 1.54) is 17.7 Å². The molecule has 2 rings (SSSR count). The maximum absolute atomic E-state index is 11.2. The van der Waals surface area contributed by atoms with Gasteiger partial charge in [-0.3, -0.25) is 10.1 Å². The number of aromatic carboxylic acids is 1. The second-order valence-corrected chi connectivity index (χ2v) is 4.51. The van der Waals surface area contributed by atoms with E-state index < -0.39 is 10.9 Å². The molecule has 1 aliphatic rings. The third kappa shape index (κ3) is 2.73. The average Bonchev–Trinajstić information content (AvgIpc) is 2.38. The first kappa shape index (κ1) is 13.1. The average molecular weight is 262 g/mol. The number of anilines is 1. The van der Waals surface area contributed by atoms with Crippen LogP contribution in [0.3, 0.4) is 0 Å². The van der Waals surface area contributed by atoms with Crippen molar-refractivity contribution in [2.75, 3.05) is 18.0 Å². The first-order chi connectivity index (χ1) is 8.99. The highest BCUT2D eigenvalue weighted by Gasteiger charge is 2.20. The lowest BCUT2D eigenvalue weighted by atomic mass is 10.1. The molecule has 0 amide bonds. The molecule has 1 aromatic carbocycles. The van der Waals surface area contributed by atoms with Gasteiger partial charge in [0.25, 0.3) is 5.69 Å². The number of nitro benzene ring substituents is 1. The van der Waals surface area contributed by atoms with E-state index in [2.05, 4.69) is 0 Å². The van der Waals surface area contributed by atoms with Crippen LogP contribution in [-0.2, 0) is 0 Å². The van der Waals surface area contributed by atoms with E-state index in [9.17, 15) is 20.0 Å². The molecule has 1 aliphatic heterocycles. The first-order valence-corrected chi connectivity index (χ1v) is 5.91. The molecule has 100 valence electrons. The van der Waals surface area contributed by atoms with Crippen molar-refractivity contribution >= 4 is 17.3 Å². The Bertz CT molecular complexity index is 566. The van der Waals surface area contributed by atoms with Crippen LogP contribution in [0.1, 0.15) is 23.7 Å². The number of nitrogens with zero attached hydrogens (tertiary/aromatic N) is 2. The van der Waals surface area contributed by atoms with Gasteiger partial charge in [0, 0.05) is 25.2 Å². The van der Waals surface area contributed by atoms with Gasteiger partial charge in [0.2, 0.25) is 0 Å². The van der Waals surface area contributed by atoms with Gasteiger partial charge in [0.15, 0.2) is 0 Å². The Morgan fingerprint density at radius 3 is 2.74 bits per heavy atom. The van der Waals surface area contributed by atoms with Gasteiger partial charge in [-0.15, -0.1) is 0 Å². The van der Waals surface area contributed by atoms with Crippen molar-refractivity contribution in [2.45, 2.75) is 13.3 Å². The quantitative estimate of drug-likeness (QED) is 0.514. The van der Waals surface area contributed by atoms with Crippen LogP contribution in [0, 0.1) is 10.1 Å². The number of hydrogen-bond acceptors (Lipinski definition) is 4. The summed E-state index contributed by atoms with van der Waals surface area (Å²) in [7, 11) is 0. The summed E-state index contributed by atoms with van der Waals surface area (Å²) in [6.07, 6.45) is 2.91. The highest BCUT2D eigenvalue weighted by molar-refractivity contribution is 5.95. The second kappa shape index (κ2) is 5.09. The third-order valence-corrected chi connectivity index (χ3v) is 3.20. The Morgan fingerprint density at radius 2 is 2.21 bits per heavy atom. The van der Waals surface area contributed by atoms with Crippen molar-refractivity contribution in [3.63, 3.8) is 0 Å². The smallest absolute Gasteiger partial charge is 0.338 e. The zero-order chi connectivity index (χ0) is 14.0. The van der Waals surface area contributed by atoms with Gasteiger partial charge in [-0.05, 0) is 19.4 Å². The van der Waals surface area contributed by atoms with Gasteiger partial charge in [-0.2, -0.15) is 0 Å². The predicted molar refractivity (Wildman–Crippen MR) is 70.6 cm³/mol. The number of nitro groups is 1. The van der Waals surface area contributed by atoms with Crippen LogP contribution in [0.2, 0.25) is 0 Å². The van der Waals surface area contributed by atoms with Crippen molar-refractivity contribution in [1.82, 2.24) is 0 Å². The van der Waals surface area contributed by atoms with Crippen molar-refractivity contribution < 1.29 is 14.8 Å². The number of carboxylic acid groups (broad SMARTS) is 1. The SMILES string of the molecule is CC1=CCN(c2ccc([N+](=O)[O-])cc2C(=O)O)CC1. The highest BCUT2D eigenvalue weighted by Crippen LogP contribution is 2.27. The Kier molecular flexibility index (Phi) is 3.50. The summed E-state index contributed by atoms with van der Waals surface area (Å²) in [4.78, 5) is 23.3. The maximum Gasteiger partial charge on any atom is 0.338 e. The van der Waals surface area contributed by atoms with Gasteiger partial charge in [0.05, 0.1) is 16.2 Å². The molecule has 1 heterocycles. The minimum atomic E-state index is -1.15. The molecule has 0 aromatic heterocycles. The van der Waals surface area contributed by atoms with Crippen LogP contribution < -0.4 is 4.90 Å². The predicted octanol–water partition coefficient (Wildman–Crippen LogP) is 2.45.